The fourth-order valence-corrected chi connectivity index (χ4v) is 1.23. The number of rotatable bonds is 3. The summed E-state index contributed by atoms with van der Waals surface area (Å²) in [6.07, 6.45) is 0. The van der Waals surface area contributed by atoms with E-state index in [2.05, 4.69) is 21.2 Å². The number of nitrogens with one attached hydrogen (secondary N) is 3. The molecule has 0 unspecified atom stereocenters. The molecule has 0 saturated carbocycles. The number of benzene rings is 1. The first-order chi connectivity index (χ1) is 8.15. The number of carbonyl (C=O) groups is 1. The van der Waals surface area contributed by atoms with Crippen LogP contribution in [0, 0.1) is 10.1 Å². The first-order valence-electron chi connectivity index (χ1n) is 4.76. The van der Waals surface area contributed by atoms with Crippen molar-refractivity contribution < 1.29 is 9.72 Å². The zero-order valence-corrected chi connectivity index (χ0v) is 8.64. The minimum atomic E-state index is -0.474. The topological polar surface area (TPSA) is 109 Å². The van der Waals surface area contributed by atoms with Crippen molar-refractivity contribution >= 4 is 23.2 Å². The molecule has 1 aliphatic rings. The smallest absolute Gasteiger partial charge is 0.269 e. The van der Waals surface area contributed by atoms with Gasteiger partial charge in [-0.1, -0.05) is 0 Å². The Bertz CT molecular complexity index is 482. The van der Waals surface area contributed by atoms with Gasteiger partial charge in [0.15, 0.2) is 0 Å². The first kappa shape index (κ1) is 10.9. The van der Waals surface area contributed by atoms with Crippen molar-refractivity contribution in [2.75, 3.05) is 12.0 Å². The van der Waals surface area contributed by atoms with Gasteiger partial charge >= 0.3 is 0 Å². The summed E-state index contributed by atoms with van der Waals surface area (Å²) in [5.74, 6) is 0.145. The number of nitrogens with zero attached hydrogens (tertiary/aromatic N) is 2. The summed E-state index contributed by atoms with van der Waals surface area (Å²) >= 11 is 0. The summed E-state index contributed by atoms with van der Waals surface area (Å²) in [5.41, 5.74) is 6.07. The summed E-state index contributed by atoms with van der Waals surface area (Å²) < 4.78 is 0. The molecule has 3 N–H and O–H groups in total. The molecule has 0 saturated heterocycles. The van der Waals surface area contributed by atoms with E-state index in [9.17, 15) is 14.9 Å². The Balaban J connectivity index is 1.91. The van der Waals surface area contributed by atoms with Crippen LogP contribution in [0.5, 0.6) is 0 Å². The molecule has 0 bridgehead atoms. The average Bonchev–Trinajstić information content (AvgIpc) is 2.73. The van der Waals surface area contributed by atoms with Crippen molar-refractivity contribution in [1.82, 2.24) is 10.7 Å². The molecule has 1 amide bonds. The number of aliphatic imine (C=N–C) groups is 1. The minimum Gasteiger partial charge on any atom is -0.298 e. The summed E-state index contributed by atoms with van der Waals surface area (Å²) in [6.45, 7) is 0.101. The van der Waals surface area contributed by atoms with Gasteiger partial charge in [-0.15, -0.1) is 0 Å². The molecule has 1 heterocycles. The fraction of sp³-hybridized carbons (Fsp3) is 0.111. The first-order valence-corrected chi connectivity index (χ1v) is 4.76. The lowest BCUT2D eigenvalue weighted by Crippen LogP contribution is -2.39. The molecular weight excluding hydrogens is 226 g/mol. The lowest BCUT2D eigenvalue weighted by molar-refractivity contribution is -0.384. The Morgan fingerprint density at radius 2 is 2.00 bits per heavy atom. The predicted molar refractivity (Wildman–Crippen MR) is 60.3 cm³/mol. The fourth-order valence-electron chi connectivity index (χ4n) is 1.23. The lowest BCUT2D eigenvalue weighted by atomic mass is 10.3. The van der Waals surface area contributed by atoms with E-state index in [-0.39, 0.29) is 18.1 Å². The van der Waals surface area contributed by atoms with E-state index in [1.807, 2.05) is 0 Å². The number of guanidine groups is 1. The van der Waals surface area contributed by atoms with Crippen LogP contribution < -0.4 is 16.2 Å². The highest BCUT2D eigenvalue weighted by Crippen LogP contribution is 2.14. The summed E-state index contributed by atoms with van der Waals surface area (Å²) in [4.78, 5) is 24.6. The molecule has 1 aromatic rings. The van der Waals surface area contributed by atoms with Gasteiger partial charge in [-0.05, 0) is 12.1 Å². The summed E-state index contributed by atoms with van der Waals surface area (Å²) in [7, 11) is 0. The molecule has 1 aliphatic heterocycles. The van der Waals surface area contributed by atoms with E-state index < -0.39 is 4.92 Å². The van der Waals surface area contributed by atoms with Crippen molar-refractivity contribution in [1.29, 1.82) is 0 Å². The van der Waals surface area contributed by atoms with Gasteiger partial charge < -0.3 is 0 Å². The SMILES string of the molecule is O=C1CN=C(NNc2ccc([N+](=O)[O-])cc2)N1. The maximum atomic E-state index is 10.8. The van der Waals surface area contributed by atoms with Gasteiger partial charge in [0, 0.05) is 12.1 Å². The number of nitro groups is 1. The lowest BCUT2D eigenvalue weighted by Gasteiger charge is -2.08. The van der Waals surface area contributed by atoms with E-state index in [1.54, 1.807) is 12.1 Å². The second kappa shape index (κ2) is 4.47. The van der Waals surface area contributed by atoms with Gasteiger partial charge in [0.2, 0.25) is 11.9 Å². The molecule has 2 rings (SSSR count). The van der Waals surface area contributed by atoms with Gasteiger partial charge in [-0.2, -0.15) is 0 Å². The number of hydrogen-bond donors (Lipinski definition) is 3. The van der Waals surface area contributed by atoms with Gasteiger partial charge in [0.05, 0.1) is 10.6 Å². The van der Waals surface area contributed by atoms with Crippen LogP contribution in [0.2, 0.25) is 0 Å². The number of carbonyl (C=O) groups excluding carboxylic acids is 1. The maximum absolute atomic E-state index is 10.8. The number of hydrogen-bond acceptors (Lipinski definition) is 6. The van der Waals surface area contributed by atoms with Gasteiger partial charge in [-0.25, -0.2) is 4.99 Å². The zero-order chi connectivity index (χ0) is 12.3. The van der Waals surface area contributed by atoms with Crippen molar-refractivity contribution in [3.05, 3.63) is 34.4 Å². The highest BCUT2D eigenvalue weighted by Gasteiger charge is 2.12. The minimum absolute atomic E-state index is 0.0158. The van der Waals surface area contributed by atoms with Crippen molar-refractivity contribution in [2.24, 2.45) is 4.99 Å². The van der Waals surface area contributed by atoms with E-state index in [1.165, 1.54) is 12.1 Å². The third-order valence-corrected chi connectivity index (χ3v) is 2.04. The van der Waals surface area contributed by atoms with E-state index in [0.29, 0.717) is 11.6 Å². The molecule has 0 aliphatic carbocycles. The van der Waals surface area contributed by atoms with Crippen LogP contribution in [0.25, 0.3) is 0 Å². The second-order valence-corrected chi connectivity index (χ2v) is 3.27. The van der Waals surface area contributed by atoms with E-state index in [0.717, 1.165) is 0 Å². The Hall–Kier alpha value is -2.64. The molecule has 17 heavy (non-hydrogen) atoms. The van der Waals surface area contributed by atoms with Gasteiger partial charge in [0.1, 0.15) is 6.54 Å². The van der Waals surface area contributed by atoms with Crippen LogP contribution in [0.3, 0.4) is 0 Å². The quantitative estimate of drug-likeness (QED) is 0.504. The van der Waals surface area contributed by atoms with Gasteiger partial charge in [0.25, 0.3) is 5.69 Å². The second-order valence-electron chi connectivity index (χ2n) is 3.27. The monoisotopic (exact) mass is 235 g/mol. The Labute approximate surface area is 95.8 Å². The van der Waals surface area contributed by atoms with Crippen LogP contribution in [-0.4, -0.2) is 23.3 Å². The highest BCUT2D eigenvalue weighted by molar-refractivity contribution is 6.03. The van der Waals surface area contributed by atoms with Crippen molar-refractivity contribution in [3.8, 4) is 0 Å². The average molecular weight is 235 g/mol. The number of amides is 1. The van der Waals surface area contributed by atoms with Crippen LogP contribution in [0.4, 0.5) is 11.4 Å². The molecule has 1 aromatic carbocycles. The Morgan fingerprint density at radius 3 is 2.53 bits per heavy atom. The zero-order valence-electron chi connectivity index (χ0n) is 8.64. The molecule has 88 valence electrons. The normalized spacial score (nSPS) is 13.9. The Kier molecular flexibility index (Phi) is 2.86. The number of non-ortho nitro benzene ring substituents is 1. The maximum Gasteiger partial charge on any atom is 0.269 e. The third-order valence-electron chi connectivity index (χ3n) is 2.04. The molecule has 0 atom stereocenters. The van der Waals surface area contributed by atoms with Crippen LogP contribution >= 0.6 is 0 Å². The van der Waals surface area contributed by atoms with Crippen molar-refractivity contribution in [3.63, 3.8) is 0 Å². The summed E-state index contributed by atoms with van der Waals surface area (Å²) in [5, 5.41) is 12.9. The largest absolute Gasteiger partial charge is 0.298 e. The number of hydrazine groups is 1. The third kappa shape index (κ3) is 2.68. The van der Waals surface area contributed by atoms with E-state index >= 15 is 0 Å². The Morgan fingerprint density at radius 1 is 1.29 bits per heavy atom. The van der Waals surface area contributed by atoms with Gasteiger partial charge in [-0.3, -0.25) is 31.1 Å². The molecule has 0 fully saturated rings. The van der Waals surface area contributed by atoms with Crippen LogP contribution in [0.1, 0.15) is 0 Å². The number of anilines is 1. The molecular formula is C9H9N5O3. The predicted octanol–water partition coefficient (Wildman–Crippen LogP) is -0.00290. The van der Waals surface area contributed by atoms with Crippen molar-refractivity contribution in [2.45, 2.75) is 0 Å². The van der Waals surface area contributed by atoms with E-state index in [4.69, 9.17) is 0 Å². The molecule has 0 spiro atoms. The molecule has 8 heteroatoms. The summed E-state index contributed by atoms with van der Waals surface area (Å²) in [6, 6.07) is 5.84. The molecule has 8 nitrogen and oxygen atoms in total. The van der Waals surface area contributed by atoms with Crippen LogP contribution in [-0.2, 0) is 4.79 Å². The molecule has 0 radical (unpaired) electrons. The standard InChI is InChI=1S/C9H9N5O3/c15-8-5-10-9(11-8)13-12-6-1-3-7(4-2-6)14(16)17/h1-4,12H,5H2,(H2,10,11,13,15). The van der Waals surface area contributed by atoms with Crippen LogP contribution in [0.15, 0.2) is 29.3 Å². The molecule has 0 aromatic heterocycles. The highest BCUT2D eigenvalue weighted by atomic mass is 16.6. The number of nitro benzene ring substituents is 1.